The minimum atomic E-state index is 0.753. The van der Waals surface area contributed by atoms with Crippen LogP contribution in [0.5, 0.6) is 0 Å². The van der Waals surface area contributed by atoms with Gasteiger partial charge in [0.25, 0.3) is 0 Å². The largest absolute Gasteiger partial charge is 0.337 e. The fourth-order valence-electron chi connectivity index (χ4n) is 2.56. The topological polar surface area (TPSA) is 33.1 Å². The van der Waals surface area contributed by atoms with E-state index in [0.717, 1.165) is 31.5 Å². The average molecular weight is 284 g/mol. The van der Waals surface area contributed by atoms with Gasteiger partial charge in [0.05, 0.1) is 6.54 Å². The molecule has 1 saturated carbocycles. The minimum Gasteiger partial charge on any atom is -0.337 e. The predicted octanol–water partition coefficient (Wildman–Crippen LogP) is 2.30. The lowest BCUT2D eigenvalue weighted by Gasteiger charge is -2.19. The molecule has 0 spiro atoms. The molecule has 1 aromatic carbocycles. The van der Waals surface area contributed by atoms with Crippen LogP contribution in [-0.2, 0) is 26.7 Å². The molecule has 2 aromatic rings. The van der Waals surface area contributed by atoms with Gasteiger partial charge >= 0.3 is 0 Å². The van der Waals surface area contributed by atoms with Gasteiger partial charge in [-0.25, -0.2) is 4.98 Å². The van der Waals surface area contributed by atoms with E-state index in [2.05, 4.69) is 51.1 Å². The van der Waals surface area contributed by atoms with Crippen molar-refractivity contribution in [2.75, 3.05) is 7.05 Å². The van der Waals surface area contributed by atoms with Crippen molar-refractivity contribution in [3.63, 3.8) is 0 Å². The van der Waals surface area contributed by atoms with Crippen LogP contribution in [0, 0.1) is 0 Å². The lowest BCUT2D eigenvalue weighted by atomic mass is 10.1. The molecule has 1 fully saturated rings. The zero-order valence-corrected chi connectivity index (χ0v) is 12.9. The quantitative estimate of drug-likeness (QED) is 0.847. The lowest BCUT2D eigenvalue weighted by molar-refractivity contribution is 0.306. The van der Waals surface area contributed by atoms with Crippen LogP contribution in [0.1, 0.15) is 29.8 Å². The molecule has 0 aliphatic heterocycles. The summed E-state index contributed by atoms with van der Waals surface area (Å²) >= 11 is 0. The van der Waals surface area contributed by atoms with E-state index >= 15 is 0 Å². The number of rotatable bonds is 7. The zero-order chi connectivity index (χ0) is 14.7. The number of hydrogen-bond acceptors (Lipinski definition) is 3. The smallest absolute Gasteiger partial charge is 0.122 e. The van der Waals surface area contributed by atoms with Gasteiger partial charge in [-0.1, -0.05) is 24.3 Å². The number of aryl methyl sites for hydroxylation is 1. The van der Waals surface area contributed by atoms with E-state index in [-0.39, 0.29) is 0 Å². The zero-order valence-electron chi connectivity index (χ0n) is 12.9. The van der Waals surface area contributed by atoms with Crippen molar-refractivity contribution in [3.05, 3.63) is 53.6 Å². The fraction of sp³-hybridized carbons (Fsp3) is 0.471. The number of aromatic nitrogens is 2. The number of nitrogens with one attached hydrogen (secondary N) is 1. The van der Waals surface area contributed by atoms with E-state index in [1.165, 1.54) is 24.0 Å². The molecule has 0 atom stereocenters. The van der Waals surface area contributed by atoms with E-state index in [9.17, 15) is 0 Å². The van der Waals surface area contributed by atoms with Crippen LogP contribution < -0.4 is 5.32 Å². The molecule has 3 rings (SSSR count). The van der Waals surface area contributed by atoms with Gasteiger partial charge in [-0.15, -0.1) is 0 Å². The Labute approximate surface area is 126 Å². The van der Waals surface area contributed by atoms with Crippen molar-refractivity contribution in [2.24, 2.45) is 7.05 Å². The van der Waals surface area contributed by atoms with E-state index in [1.807, 2.05) is 19.4 Å². The van der Waals surface area contributed by atoms with Gasteiger partial charge in [0, 0.05) is 38.6 Å². The molecule has 1 aliphatic carbocycles. The second kappa shape index (κ2) is 6.41. The van der Waals surface area contributed by atoms with Crippen molar-refractivity contribution in [1.82, 2.24) is 19.8 Å². The maximum Gasteiger partial charge on any atom is 0.122 e. The summed E-state index contributed by atoms with van der Waals surface area (Å²) in [6.45, 7) is 2.81. The molecule has 21 heavy (non-hydrogen) atoms. The summed E-state index contributed by atoms with van der Waals surface area (Å²) < 4.78 is 2.08. The van der Waals surface area contributed by atoms with Gasteiger partial charge in [-0.05, 0) is 31.0 Å². The first kappa shape index (κ1) is 14.3. The summed E-state index contributed by atoms with van der Waals surface area (Å²) in [6.07, 6.45) is 6.52. The standard InChI is InChI=1S/C17H24N4/c1-20(13-17-18-9-10-21(17)2)12-15-6-4-3-5-14(15)11-19-16-7-8-16/h3-6,9-10,16,19H,7-8,11-13H2,1-2H3. The van der Waals surface area contributed by atoms with Crippen molar-refractivity contribution < 1.29 is 0 Å². The van der Waals surface area contributed by atoms with E-state index in [4.69, 9.17) is 0 Å². The fourth-order valence-corrected chi connectivity index (χ4v) is 2.56. The third-order valence-electron chi connectivity index (χ3n) is 4.05. The molecule has 0 radical (unpaired) electrons. The predicted molar refractivity (Wildman–Crippen MR) is 84.7 cm³/mol. The molecule has 1 heterocycles. The van der Waals surface area contributed by atoms with E-state index in [0.29, 0.717) is 0 Å². The van der Waals surface area contributed by atoms with Gasteiger partial charge < -0.3 is 9.88 Å². The van der Waals surface area contributed by atoms with Crippen LogP contribution in [0.15, 0.2) is 36.7 Å². The number of nitrogens with zero attached hydrogens (tertiary/aromatic N) is 3. The van der Waals surface area contributed by atoms with Gasteiger partial charge in [-0.3, -0.25) is 4.90 Å². The van der Waals surface area contributed by atoms with Crippen LogP contribution in [0.2, 0.25) is 0 Å². The maximum atomic E-state index is 4.40. The van der Waals surface area contributed by atoms with Crippen LogP contribution in [0.25, 0.3) is 0 Å². The molecule has 112 valence electrons. The summed E-state index contributed by atoms with van der Waals surface area (Å²) in [5, 5.41) is 3.61. The third-order valence-corrected chi connectivity index (χ3v) is 4.05. The Kier molecular flexibility index (Phi) is 4.36. The van der Waals surface area contributed by atoms with E-state index < -0.39 is 0 Å². The van der Waals surface area contributed by atoms with Crippen LogP contribution >= 0.6 is 0 Å². The molecule has 1 N–H and O–H groups in total. The molecule has 0 unspecified atom stereocenters. The molecule has 1 aliphatic rings. The monoisotopic (exact) mass is 284 g/mol. The highest BCUT2D eigenvalue weighted by Gasteiger charge is 2.20. The van der Waals surface area contributed by atoms with E-state index in [1.54, 1.807) is 0 Å². The summed E-state index contributed by atoms with van der Waals surface area (Å²) in [4.78, 5) is 6.71. The second-order valence-corrected chi connectivity index (χ2v) is 6.05. The summed E-state index contributed by atoms with van der Waals surface area (Å²) in [5.41, 5.74) is 2.82. The Morgan fingerprint density at radius 3 is 2.67 bits per heavy atom. The minimum absolute atomic E-state index is 0.753. The molecule has 0 amide bonds. The SMILES string of the molecule is CN(Cc1ccccc1CNC1CC1)Cc1nccn1C. The Morgan fingerprint density at radius 2 is 2.00 bits per heavy atom. The second-order valence-electron chi connectivity index (χ2n) is 6.05. The highest BCUT2D eigenvalue weighted by atomic mass is 15.1. The Morgan fingerprint density at radius 1 is 1.24 bits per heavy atom. The van der Waals surface area contributed by atoms with Crippen LogP contribution in [0.4, 0.5) is 0 Å². The summed E-state index contributed by atoms with van der Waals surface area (Å²) in [5.74, 6) is 1.10. The first-order valence-electron chi connectivity index (χ1n) is 7.67. The van der Waals surface area contributed by atoms with Crippen molar-refractivity contribution >= 4 is 0 Å². The normalized spacial score (nSPS) is 14.8. The Hall–Kier alpha value is -1.65. The first-order valence-corrected chi connectivity index (χ1v) is 7.67. The molecule has 4 heteroatoms. The number of imidazole rings is 1. The van der Waals surface area contributed by atoms with Crippen LogP contribution in [0.3, 0.4) is 0 Å². The summed E-state index contributed by atoms with van der Waals surface area (Å²) in [7, 11) is 4.20. The molecule has 0 saturated heterocycles. The molecule has 1 aromatic heterocycles. The third kappa shape index (κ3) is 3.93. The number of hydrogen-bond donors (Lipinski definition) is 1. The van der Waals surface area contributed by atoms with Crippen molar-refractivity contribution in [1.29, 1.82) is 0 Å². The Bertz CT molecular complexity index is 586. The lowest BCUT2D eigenvalue weighted by Crippen LogP contribution is -2.22. The molecule has 4 nitrogen and oxygen atoms in total. The van der Waals surface area contributed by atoms with Gasteiger partial charge in [-0.2, -0.15) is 0 Å². The van der Waals surface area contributed by atoms with Crippen LogP contribution in [-0.4, -0.2) is 27.5 Å². The summed E-state index contributed by atoms with van der Waals surface area (Å²) in [6, 6.07) is 9.48. The van der Waals surface area contributed by atoms with Gasteiger partial charge in [0.1, 0.15) is 5.82 Å². The molecule has 0 bridgehead atoms. The maximum absolute atomic E-state index is 4.40. The Balaban J connectivity index is 1.61. The van der Waals surface area contributed by atoms with Crippen molar-refractivity contribution in [3.8, 4) is 0 Å². The molecular formula is C17H24N4. The van der Waals surface area contributed by atoms with Crippen molar-refractivity contribution in [2.45, 2.75) is 38.5 Å². The highest BCUT2D eigenvalue weighted by Crippen LogP contribution is 2.20. The first-order chi connectivity index (χ1) is 10.2. The van der Waals surface area contributed by atoms with Gasteiger partial charge in [0.2, 0.25) is 0 Å². The number of benzene rings is 1. The average Bonchev–Trinajstić information content (AvgIpc) is 3.22. The molecular weight excluding hydrogens is 260 g/mol. The van der Waals surface area contributed by atoms with Gasteiger partial charge in [0.15, 0.2) is 0 Å². The highest BCUT2D eigenvalue weighted by molar-refractivity contribution is 5.27.